The van der Waals surface area contributed by atoms with Gasteiger partial charge in [-0.25, -0.2) is 4.79 Å². The molecule has 1 aromatic carbocycles. The molecule has 3 amide bonds. The van der Waals surface area contributed by atoms with Crippen LogP contribution in [0, 0.1) is 5.92 Å². The third-order valence-corrected chi connectivity index (χ3v) is 5.91. The molecular formula is C23H21B3N8O6. The van der Waals surface area contributed by atoms with Gasteiger partial charge in [0.15, 0.2) is 17.3 Å². The van der Waals surface area contributed by atoms with Gasteiger partial charge in [0.1, 0.15) is 13.2 Å². The van der Waals surface area contributed by atoms with Crippen molar-refractivity contribution in [3.05, 3.63) is 35.9 Å². The molecule has 2 aromatic heterocycles. The van der Waals surface area contributed by atoms with Gasteiger partial charge >= 0.3 is 6.09 Å². The van der Waals surface area contributed by atoms with E-state index < -0.39 is 17.2 Å². The van der Waals surface area contributed by atoms with Crippen LogP contribution >= 0.6 is 0 Å². The monoisotopic (exact) mass is 538 g/mol. The fourth-order valence-corrected chi connectivity index (χ4v) is 3.88. The fraction of sp³-hybridized carbons (Fsp3) is 0.348. The molecule has 3 aromatic rings. The van der Waals surface area contributed by atoms with Crippen molar-refractivity contribution in [3.63, 3.8) is 0 Å². The summed E-state index contributed by atoms with van der Waals surface area (Å²) in [5, 5.41) is 17.9. The summed E-state index contributed by atoms with van der Waals surface area (Å²) in [6.45, 7) is 0.797. The number of cyclic esters (lactones) is 1. The molecule has 0 unspecified atom stereocenters. The molecule has 5 rings (SSSR count). The number of amides is 3. The summed E-state index contributed by atoms with van der Waals surface area (Å²) in [6.07, 6.45) is 1.12. The maximum absolute atomic E-state index is 12.9. The molecule has 1 aliphatic carbocycles. The molecule has 0 atom stereocenters. The molecule has 1 saturated heterocycles. The van der Waals surface area contributed by atoms with Crippen LogP contribution in [0.2, 0.25) is 0 Å². The Hall–Kier alpha value is -4.56. The quantitative estimate of drug-likeness (QED) is 0.306. The third-order valence-electron chi connectivity index (χ3n) is 5.91. The lowest BCUT2D eigenvalue weighted by molar-refractivity contribution is -0.117. The Morgan fingerprint density at radius 1 is 1.20 bits per heavy atom. The van der Waals surface area contributed by atoms with Crippen molar-refractivity contribution in [2.45, 2.75) is 24.6 Å². The second kappa shape index (κ2) is 10.9. The largest absolute Gasteiger partial charge is 0.494 e. The van der Waals surface area contributed by atoms with E-state index in [2.05, 4.69) is 36.3 Å². The number of hydrogen-bond donors (Lipinski definition) is 3. The zero-order chi connectivity index (χ0) is 28.4. The van der Waals surface area contributed by atoms with E-state index in [1.165, 1.54) is 18.1 Å². The van der Waals surface area contributed by atoms with Crippen molar-refractivity contribution in [2.75, 3.05) is 30.9 Å². The average molecular weight is 538 g/mol. The lowest BCUT2D eigenvalue weighted by atomic mass is 9.49. The molecule has 1 aliphatic heterocycles. The Bertz CT molecular complexity index is 1460. The van der Waals surface area contributed by atoms with Crippen molar-refractivity contribution < 1.29 is 28.4 Å². The minimum atomic E-state index is -2.02. The van der Waals surface area contributed by atoms with E-state index in [-0.39, 0.29) is 47.3 Å². The maximum Gasteiger partial charge on any atom is 0.410 e. The van der Waals surface area contributed by atoms with E-state index in [0.29, 0.717) is 30.2 Å². The molecule has 0 bridgehead atoms. The summed E-state index contributed by atoms with van der Waals surface area (Å²) in [7, 11) is 18.0. The van der Waals surface area contributed by atoms with Crippen molar-refractivity contribution in [1.29, 1.82) is 0 Å². The summed E-state index contributed by atoms with van der Waals surface area (Å²) in [5.74, 6) is -0.275. The Labute approximate surface area is 232 Å². The predicted octanol–water partition coefficient (Wildman–Crippen LogP) is 0.426. The van der Waals surface area contributed by atoms with E-state index in [4.69, 9.17) is 37.5 Å². The van der Waals surface area contributed by atoms with Crippen molar-refractivity contribution in [2.24, 2.45) is 5.92 Å². The van der Waals surface area contributed by atoms with Gasteiger partial charge in [0, 0.05) is 12.0 Å². The van der Waals surface area contributed by atoms with Gasteiger partial charge < -0.3 is 29.9 Å². The lowest BCUT2D eigenvalue weighted by Gasteiger charge is -2.23. The molecule has 40 heavy (non-hydrogen) atoms. The number of nitrogens with zero attached hydrogens (tertiary/aromatic N) is 5. The highest BCUT2D eigenvalue weighted by atomic mass is 16.6. The Morgan fingerprint density at radius 3 is 2.67 bits per heavy atom. The molecule has 3 N–H and O–H groups in total. The van der Waals surface area contributed by atoms with Crippen LogP contribution in [-0.4, -0.2) is 92.2 Å². The van der Waals surface area contributed by atoms with Gasteiger partial charge in [-0.1, -0.05) is 16.5 Å². The normalized spacial score (nSPS) is 14.9. The highest BCUT2D eigenvalue weighted by molar-refractivity contribution is 6.60. The summed E-state index contributed by atoms with van der Waals surface area (Å²) in [6, 6.07) is 6.51. The van der Waals surface area contributed by atoms with Gasteiger partial charge in [0.2, 0.25) is 17.6 Å². The van der Waals surface area contributed by atoms with E-state index in [0.717, 1.165) is 12.8 Å². The first-order chi connectivity index (χ1) is 19.1. The average Bonchev–Trinajstić information content (AvgIpc) is 3.53. The second-order valence-corrected chi connectivity index (χ2v) is 9.20. The van der Waals surface area contributed by atoms with Crippen LogP contribution < -0.4 is 20.7 Å². The number of para-hydroxylation sites is 1. The van der Waals surface area contributed by atoms with Crippen molar-refractivity contribution in [3.8, 4) is 17.1 Å². The predicted molar refractivity (Wildman–Crippen MR) is 142 cm³/mol. The van der Waals surface area contributed by atoms with Gasteiger partial charge in [-0.3, -0.25) is 14.5 Å². The molecule has 17 heteroatoms. The number of rotatable bonds is 10. The summed E-state index contributed by atoms with van der Waals surface area (Å²) in [5.41, 5.74) is 0.767. The first-order valence-corrected chi connectivity index (χ1v) is 12.2. The zero-order valence-electron chi connectivity index (χ0n) is 21.3. The zero-order valence-corrected chi connectivity index (χ0v) is 21.3. The van der Waals surface area contributed by atoms with Gasteiger partial charge in [-0.05, 0) is 25.0 Å². The Kier molecular flexibility index (Phi) is 7.37. The second-order valence-electron chi connectivity index (χ2n) is 9.20. The topological polar surface area (TPSA) is 174 Å². The fourth-order valence-electron chi connectivity index (χ4n) is 3.88. The number of methoxy groups -OCH3 is 1. The van der Waals surface area contributed by atoms with Crippen LogP contribution in [0.1, 0.15) is 29.2 Å². The van der Waals surface area contributed by atoms with Crippen LogP contribution in [0.25, 0.3) is 11.4 Å². The molecule has 1 saturated carbocycles. The summed E-state index contributed by atoms with van der Waals surface area (Å²) < 4.78 is 15.9. The first kappa shape index (κ1) is 27.0. The van der Waals surface area contributed by atoms with Gasteiger partial charge in [0.25, 0.3) is 5.91 Å². The van der Waals surface area contributed by atoms with E-state index in [1.54, 1.807) is 18.2 Å². The molecule has 0 spiro atoms. The van der Waals surface area contributed by atoms with E-state index >= 15 is 0 Å². The van der Waals surface area contributed by atoms with E-state index in [9.17, 15) is 14.4 Å². The van der Waals surface area contributed by atoms with Crippen molar-refractivity contribution >= 4 is 58.6 Å². The highest BCUT2D eigenvalue weighted by Gasteiger charge is 2.30. The first-order valence-electron chi connectivity index (χ1n) is 12.2. The number of carbonyl (C=O) groups excluding carboxylic acids is 3. The van der Waals surface area contributed by atoms with Crippen LogP contribution in [-0.2, 0) is 16.1 Å². The summed E-state index contributed by atoms with van der Waals surface area (Å²) in [4.78, 5) is 42.7. The smallest absolute Gasteiger partial charge is 0.410 e. The molecule has 14 nitrogen and oxygen atoms in total. The van der Waals surface area contributed by atoms with Gasteiger partial charge in [0.05, 0.1) is 54.1 Å². The number of carbonyl (C=O) groups is 3. The van der Waals surface area contributed by atoms with Gasteiger partial charge in [-0.15, -0.1) is 10.2 Å². The number of ether oxygens (including phenoxy) is 2. The Morgan fingerprint density at radius 2 is 2.00 bits per heavy atom. The molecule has 2 fully saturated rings. The number of aromatic nitrogens is 4. The molecule has 3 heterocycles. The highest BCUT2D eigenvalue weighted by Crippen LogP contribution is 2.37. The molecular weight excluding hydrogens is 517 g/mol. The number of anilines is 3. The van der Waals surface area contributed by atoms with Crippen LogP contribution in [0.4, 0.5) is 22.0 Å². The van der Waals surface area contributed by atoms with Gasteiger partial charge in [-0.2, -0.15) is 4.98 Å². The van der Waals surface area contributed by atoms with E-state index in [1.807, 2.05) is 0 Å². The van der Waals surface area contributed by atoms with Crippen LogP contribution in [0.5, 0.6) is 5.75 Å². The minimum absolute atomic E-state index is 0.0822. The standard InChI is InChI=1S/C23H21B3N8O6/c1-38-18-12(19-29-16(40-33-19)10-34-7-8-39-22(34)37)3-2-4-13(18)27-14-9-15(28-20(35)11-5-6-11)31-32-17(14)21(36)30-23(24,25)26/h2-4,9,11H,5-8,10H2,1H3,(H,30,36)(H2,27,28,31,35). The third kappa shape index (κ3) is 6.19. The lowest BCUT2D eigenvalue weighted by Crippen LogP contribution is -2.50. The SMILES string of the molecule is [B]C([B])([B])NC(=O)c1nnc(NC(=O)C2CC2)cc1Nc1cccc(-c2noc(CN3CCOC3=O)n2)c1OC. The maximum atomic E-state index is 12.9. The molecule has 6 radical (unpaired) electrons. The minimum Gasteiger partial charge on any atom is -0.494 e. The van der Waals surface area contributed by atoms with Crippen LogP contribution in [0.15, 0.2) is 28.8 Å². The number of hydrogen-bond acceptors (Lipinski definition) is 11. The van der Waals surface area contributed by atoms with Crippen LogP contribution in [0.3, 0.4) is 0 Å². The summed E-state index contributed by atoms with van der Waals surface area (Å²) >= 11 is 0. The Balaban J connectivity index is 1.45. The number of nitrogens with one attached hydrogen (secondary N) is 3. The number of benzene rings is 1. The molecule has 2 aliphatic rings. The molecule has 198 valence electrons. The van der Waals surface area contributed by atoms with Crippen molar-refractivity contribution in [1.82, 2.24) is 30.6 Å².